The van der Waals surface area contributed by atoms with Gasteiger partial charge in [0, 0.05) is 16.8 Å². The predicted octanol–water partition coefficient (Wildman–Crippen LogP) is 4.48. The van der Waals surface area contributed by atoms with Gasteiger partial charge >= 0.3 is 6.09 Å². The zero-order valence-corrected chi connectivity index (χ0v) is 17.8. The molecular formula is C21H21ClN6O3. The Labute approximate surface area is 183 Å². The highest BCUT2D eigenvalue weighted by atomic mass is 35.5. The summed E-state index contributed by atoms with van der Waals surface area (Å²) in [5.74, 6) is 2.15. The summed E-state index contributed by atoms with van der Waals surface area (Å²) in [5, 5.41) is 7.84. The van der Waals surface area contributed by atoms with E-state index in [2.05, 4.69) is 25.4 Å². The van der Waals surface area contributed by atoms with Crippen LogP contribution in [0.2, 0.25) is 5.02 Å². The van der Waals surface area contributed by atoms with Crippen molar-refractivity contribution in [3.8, 4) is 11.4 Å². The molecule has 1 aliphatic carbocycles. The first-order chi connectivity index (χ1) is 14.9. The fraction of sp³-hybridized carbons (Fsp3) is 0.381. The van der Waals surface area contributed by atoms with E-state index in [1.165, 1.54) is 0 Å². The maximum atomic E-state index is 12.4. The van der Waals surface area contributed by atoms with Crippen LogP contribution in [0.3, 0.4) is 0 Å². The molecule has 9 nitrogen and oxygen atoms in total. The monoisotopic (exact) mass is 440 g/mol. The number of cyclic esters (lactones) is 1. The molecule has 1 N–H and O–H groups in total. The lowest BCUT2D eigenvalue weighted by atomic mass is 9.96. The van der Waals surface area contributed by atoms with Crippen LogP contribution in [-0.4, -0.2) is 38.3 Å². The maximum Gasteiger partial charge on any atom is 0.416 e. The van der Waals surface area contributed by atoms with E-state index < -0.39 is 0 Å². The molecule has 2 aliphatic rings. The van der Waals surface area contributed by atoms with Crippen molar-refractivity contribution in [2.45, 2.75) is 38.3 Å². The third-order valence-electron chi connectivity index (χ3n) is 5.77. The second-order valence-corrected chi connectivity index (χ2v) is 8.53. The minimum absolute atomic E-state index is 0.343. The highest BCUT2D eigenvalue weighted by Crippen LogP contribution is 2.47. The third-order valence-corrected chi connectivity index (χ3v) is 6.02. The van der Waals surface area contributed by atoms with Gasteiger partial charge in [-0.2, -0.15) is 9.97 Å². The molecule has 0 unspecified atom stereocenters. The zero-order chi connectivity index (χ0) is 21.6. The van der Waals surface area contributed by atoms with E-state index in [0.29, 0.717) is 41.0 Å². The third kappa shape index (κ3) is 3.69. The molecular weight excluding hydrogens is 420 g/mol. The number of carbonyl (C=O) groups excluding carboxylic acids is 1. The van der Waals surface area contributed by atoms with Crippen LogP contribution in [0.1, 0.15) is 38.6 Å². The maximum absolute atomic E-state index is 12.4. The fourth-order valence-corrected chi connectivity index (χ4v) is 3.96. The van der Waals surface area contributed by atoms with Crippen LogP contribution in [0, 0.1) is 5.92 Å². The van der Waals surface area contributed by atoms with Crippen molar-refractivity contribution in [3.63, 3.8) is 0 Å². The summed E-state index contributed by atoms with van der Waals surface area (Å²) < 4.78 is 10.8. The Morgan fingerprint density at radius 2 is 2.00 bits per heavy atom. The molecule has 1 amide bonds. The Balaban J connectivity index is 1.34. The van der Waals surface area contributed by atoms with E-state index >= 15 is 0 Å². The van der Waals surface area contributed by atoms with Gasteiger partial charge in [-0.25, -0.2) is 9.78 Å². The molecule has 2 atom stereocenters. The van der Waals surface area contributed by atoms with Gasteiger partial charge in [0.15, 0.2) is 0 Å². The van der Waals surface area contributed by atoms with Crippen LogP contribution in [-0.2, 0) is 4.74 Å². The highest BCUT2D eigenvalue weighted by molar-refractivity contribution is 6.30. The first kappa shape index (κ1) is 19.7. The van der Waals surface area contributed by atoms with Gasteiger partial charge in [-0.05, 0) is 62.9 Å². The summed E-state index contributed by atoms with van der Waals surface area (Å²) in [7, 11) is 0. The molecule has 0 bridgehead atoms. The lowest BCUT2D eigenvalue weighted by molar-refractivity contribution is 0.172. The number of nitrogens with zero attached hydrogens (tertiary/aromatic N) is 5. The molecule has 2 aromatic heterocycles. The van der Waals surface area contributed by atoms with Gasteiger partial charge in [0.1, 0.15) is 18.5 Å². The van der Waals surface area contributed by atoms with Crippen molar-refractivity contribution in [1.82, 2.24) is 20.1 Å². The first-order valence-electron chi connectivity index (χ1n) is 10.1. The Kier molecular flexibility index (Phi) is 4.77. The van der Waals surface area contributed by atoms with E-state index in [4.69, 9.17) is 20.9 Å². The molecule has 3 aromatic rings. The minimum atomic E-state index is -0.381. The van der Waals surface area contributed by atoms with Crippen LogP contribution in [0.15, 0.2) is 41.1 Å². The van der Waals surface area contributed by atoms with Crippen LogP contribution in [0.25, 0.3) is 11.4 Å². The smallest absolute Gasteiger partial charge is 0.416 e. The number of hydrogen-bond acceptors (Lipinski definition) is 8. The lowest BCUT2D eigenvalue weighted by Crippen LogP contribution is -2.47. The predicted molar refractivity (Wildman–Crippen MR) is 114 cm³/mol. The fourth-order valence-electron chi connectivity index (χ4n) is 3.83. The molecule has 1 aliphatic heterocycles. The summed E-state index contributed by atoms with van der Waals surface area (Å²) >= 11 is 5.93. The molecule has 160 valence electrons. The summed E-state index contributed by atoms with van der Waals surface area (Å²) in [6, 6.07) is 8.57. The second-order valence-electron chi connectivity index (χ2n) is 8.09. The number of rotatable bonds is 6. The standard InChI is InChI=1S/C21H21ClN6O3/c1-12(18-26-17(27-31-18)13-3-7-15(22)8-4-13)24-19-23-10-9-16(25-19)28-20(29)30-11-21(28,2)14-5-6-14/h3-4,7-10,12,14H,5-6,11H2,1-2H3,(H,23,24,25)/t12-,21-/m0/s1. The number of anilines is 2. The quantitative estimate of drug-likeness (QED) is 0.598. The summed E-state index contributed by atoms with van der Waals surface area (Å²) in [6.45, 7) is 4.28. The van der Waals surface area contributed by atoms with Crippen LogP contribution in [0.5, 0.6) is 0 Å². The van der Waals surface area contributed by atoms with E-state index in [0.717, 1.165) is 18.4 Å². The van der Waals surface area contributed by atoms with E-state index in [-0.39, 0.29) is 17.7 Å². The SMILES string of the molecule is C[C@H](Nc1nccc(N2C(=O)OC[C@@]2(C)C2CC2)n1)c1nc(-c2ccc(Cl)cc2)no1. The van der Waals surface area contributed by atoms with Gasteiger partial charge in [0.2, 0.25) is 17.7 Å². The van der Waals surface area contributed by atoms with Crippen LogP contribution in [0.4, 0.5) is 16.6 Å². The number of ether oxygens (including phenoxy) is 1. The number of amides is 1. The molecule has 0 radical (unpaired) electrons. The number of halogens is 1. The molecule has 3 heterocycles. The second kappa shape index (κ2) is 7.49. The lowest BCUT2D eigenvalue weighted by Gasteiger charge is -2.31. The zero-order valence-electron chi connectivity index (χ0n) is 17.1. The van der Waals surface area contributed by atoms with Crippen LogP contribution < -0.4 is 10.2 Å². The van der Waals surface area contributed by atoms with Gasteiger partial charge in [0.05, 0.1) is 5.54 Å². The average molecular weight is 441 g/mol. The Hall–Kier alpha value is -3.20. The average Bonchev–Trinajstić information content (AvgIpc) is 3.43. The summed E-state index contributed by atoms with van der Waals surface area (Å²) in [4.78, 5) is 27.3. The normalized spacial score (nSPS) is 21.8. The highest BCUT2D eigenvalue weighted by Gasteiger charge is 2.54. The van der Waals surface area contributed by atoms with E-state index in [1.54, 1.807) is 29.3 Å². The molecule has 0 spiro atoms. The van der Waals surface area contributed by atoms with Gasteiger partial charge in [0.25, 0.3) is 0 Å². The number of hydrogen-bond donors (Lipinski definition) is 1. The van der Waals surface area contributed by atoms with E-state index in [1.807, 2.05) is 26.0 Å². The summed E-state index contributed by atoms with van der Waals surface area (Å²) in [5.41, 5.74) is 0.422. The van der Waals surface area contributed by atoms with Crippen molar-refractivity contribution in [2.75, 3.05) is 16.8 Å². The Morgan fingerprint density at radius 1 is 1.23 bits per heavy atom. The number of aromatic nitrogens is 4. The van der Waals surface area contributed by atoms with Crippen molar-refractivity contribution in [3.05, 3.63) is 47.4 Å². The molecule has 2 fully saturated rings. The first-order valence-corrected chi connectivity index (χ1v) is 10.5. The van der Waals surface area contributed by atoms with Crippen molar-refractivity contribution in [1.29, 1.82) is 0 Å². The van der Waals surface area contributed by atoms with E-state index in [9.17, 15) is 4.79 Å². The molecule has 1 aromatic carbocycles. The molecule has 1 saturated carbocycles. The van der Waals surface area contributed by atoms with Crippen molar-refractivity contribution >= 4 is 29.5 Å². The van der Waals surface area contributed by atoms with Crippen LogP contribution >= 0.6 is 11.6 Å². The van der Waals surface area contributed by atoms with Gasteiger partial charge in [-0.15, -0.1) is 0 Å². The van der Waals surface area contributed by atoms with Gasteiger partial charge < -0.3 is 14.6 Å². The van der Waals surface area contributed by atoms with Gasteiger partial charge in [-0.3, -0.25) is 4.90 Å². The molecule has 10 heteroatoms. The number of benzene rings is 1. The topological polar surface area (TPSA) is 106 Å². The molecule has 1 saturated heterocycles. The van der Waals surface area contributed by atoms with Crippen molar-refractivity contribution < 1.29 is 14.1 Å². The number of nitrogens with one attached hydrogen (secondary N) is 1. The van der Waals surface area contributed by atoms with Gasteiger partial charge in [-0.1, -0.05) is 16.8 Å². The van der Waals surface area contributed by atoms with Crippen molar-refractivity contribution in [2.24, 2.45) is 5.92 Å². The Bertz CT molecular complexity index is 1120. The minimum Gasteiger partial charge on any atom is -0.447 e. The Morgan fingerprint density at radius 3 is 2.74 bits per heavy atom. The summed E-state index contributed by atoms with van der Waals surface area (Å²) in [6.07, 6.45) is 3.41. The number of carbonyl (C=O) groups is 1. The molecule has 31 heavy (non-hydrogen) atoms. The molecule has 5 rings (SSSR count). The largest absolute Gasteiger partial charge is 0.447 e.